The quantitative estimate of drug-likeness (QED) is 0.410. The molecule has 0 aliphatic carbocycles. The number of piperazine rings is 1. The Morgan fingerprint density at radius 1 is 0.889 bits per heavy atom. The van der Waals surface area contributed by atoms with E-state index in [0.717, 1.165) is 61.7 Å². The second-order valence-electron chi connectivity index (χ2n) is 8.54. The molecule has 3 aromatic carbocycles. The molecule has 1 N–H and O–H groups in total. The molecule has 1 aliphatic heterocycles. The summed E-state index contributed by atoms with van der Waals surface area (Å²) in [4.78, 5) is 18.2. The lowest BCUT2D eigenvalue weighted by molar-refractivity contribution is 0.200. The third kappa shape index (κ3) is 6.42. The number of hydrogen-bond donors (Lipinski definition) is 1. The maximum atomic E-state index is 12.0. The van der Waals surface area contributed by atoms with Crippen LogP contribution < -0.4 is 19.3 Å². The third-order valence-electron chi connectivity index (χ3n) is 6.47. The Kier molecular flexibility index (Phi) is 9.85. The highest BCUT2D eigenvalue weighted by atomic mass is 35.5. The van der Waals surface area contributed by atoms with Gasteiger partial charge in [0.25, 0.3) is 0 Å². The van der Waals surface area contributed by atoms with E-state index in [1.807, 2.05) is 66.7 Å². The molecule has 1 heterocycles. The largest absolute Gasteiger partial charge is 0.496 e. The van der Waals surface area contributed by atoms with Crippen LogP contribution in [0.3, 0.4) is 0 Å². The Balaban J connectivity index is 0.00000361. The molecule has 36 heavy (non-hydrogen) atoms. The molecule has 7 nitrogen and oxygen atoms in total. The van der Waals surface area contributed by atoms with Crippen molar-refractivity contribution in [3.8, 4) is 22.6 Å². The molecule has 192 valence electrons. The number of para-hydroxylation sites is 2. The first-order valence-electron chi connectivity index (χ1n) is 11.9. The first-order chi connectivity index (χ1) is 17.1. The van der Waals surface area contributed by atoms with Crippen LogP contribution in [0.2, 0.25) is 0 Å². The molecule has 1 amide bonds. The predicted octanol–water partition coefficient (Wildman–Crippen LogP) is 5.49. The van der Waals surface area contributed by atoms with Crippen molar-refractivity contribution in [3.05, 3.63) is 72.8 Å². The number of ether oxygens (including phenoxy) is 2. The summed E-state index contributed by atoms with van der Waals surface area (Å²) in [6.45, 7) is 4.98. The van der Waals surface area contributed by atoms with Crippen LogP contribution in [0.5, 0.6) is 11.5 Å². The lowest BCUT2D eigenvalue weighted by Gasteiger charge is -2.36. The van der Waals surface area contributed by atoms with E-state index in [0.29, 0.717) is 18.0 Å². The molecule has 0 bridgehead atoms. The number of hydrogen-bond acceptors (Lipinski definition) is 5. The lowest BCUT2D eigenvalue weighted by atomic mass is 10.0. The van der Waals surface area contributed by atoms with Crippen LogP contribution in [0.1, 0.15) is 6.42 Å². The van der Waals surface area contributed by atoms with Crippen molar-refractivity contribution >= 4 is 29.9 Å². The number of anilines is 2. The minimum atomic E-state index is -0.958. The fraction of sp³-hybridized carbons (Fsp3) is 0.321. The molecule has 4 rings (SSSR count). The summed E-state index contributed by atoms with van der Waals surface area (Å²) in [5.41, 5.74) is 3.72. The van der Waals surface area contributed by atoms with Crippen molar-refractivity contribution in [2.75, 3.05) is 63.3 Å². The van der Waals surface area contributed by atoms with Crippen LogP contribution in [0.25, 0.3) is 11.1 Å². The Hall–Kier alpha value is -3.42. The van der Waals surface area contributed by atoms with E-state index >= 15 is 0 Å². The highest BCUT2D eigenvalue weighted by Gasteiger charge is 2.21. The van der Waals surface area contributed by atoms with Gasteiger partial charge in [-0.15, -0.1) is 12.4 Å². The summed E-state index contributed by atoms with van der Waals surface area (Å²) in [5, 5.41) is 9.88. The number of methoxy groups -OCH3 is 2. The molecule has 0 saturated carbocycles. The summed E-state index contributed by atoms with van der Waals surface area (Å²) >= 11 is 0. The van der Waals surface area contributed by atoms with E-state index in [2.05, 4.69) is 15.9 Å². The first-order valence-corrected chi connectivity index (χ1v) is 11.9. The molecule has 1 fully saturated rings. The van der Waals surface area contributed by atoms with Gasteiger partial charge in [0, 0.05) is 44.4 Å². The van der Waals surface area contributed by atoms with Crippen molar-refractivity contribution in [2.45, 2.75) is 6.42 Å². The number of halogens is 1. The Morgan fingerprint density at radius 3 is 2.22 bits per heavy atom. The maximum absolute atomic E-state index is 12.0. The van der Waals surface area contributed by atoms with Crippen molar-refractivity contribution in [1.82, 2.24) is 4.90 Å². The van der Waals surface area contributed by atoms with E-state index in [-0.39, 0.29) is 12.4 Å². The van der Waals surface area contributed by atoms with Crippen LogP contribution >= 0.6 is 12.4 Å². The molecule has 1 saturated heterocycles. The van der Waals surface area contributed by atoms with Crippen molar-refractivity contribution in [2.24, 2.45) is 0 Å². The van der Waals surface area contributed by atoms with Gasteiger partial charge in [0.2, 0.25) is 0 Å². The Bertz CT molecular complexity index is 1120. The van der Waals surface area contributed by atoms with E-state index in [1.54, 1.807) is 14.2 Å². The van der Waals surface area contributed by atoms with Gasteiger partial charge in [-0.05, 0) is 42.8 Å². The average molecular weight is 512 g/mol. The van der Waals surface area contributed by atoms with Crippen LogP contribution in [0.4, 0.5) is 16.2 Å². The second-order valence-corrected chi connectivity index (χ2v) is 8.54. The standard InChI is InChI=1S/C28H33N3O4.ClH/c1-34-26-12-7-6-11-25(26)30-19-17-29(18-20-30)15-8-16-31(28(32)33)23-13-14-24(27(21-23)35-2)22-9-4-3-5-10-22;/h3-7,9-14,21H,8,15-20H2,1-2H3,(H,32,33);1H. The Labute approximate surface area is 219 Å². The van der Waals surface area contributed by atoms with Gasteiger partial charge in [0.1, 0.15) is 11.5 Å². The SMILES string of the molecule is COc1cc(N(CCCN2CCN(c3ccccc3OC)CC2)C(=O)O)ccc1-c1ccccc1.Cl. The summed E-state index contributed by atoms with van der Waals surface area (Å²) in [5.74, 6) is 1.55. The second kappa shape index (κ2) is 13.0. The Morgan fingerprint density at radius 2 is 1.56 bits per heavy atom. The number of benzene rings is 3. The summed E-state index contributed by atoms with van der Waals surface area (Å²) in [7, 11) is 3.31. The molecule has 0 spiro atoms. The van der Waals surface area contributed by atoms with Crippen molar-refractivity contribution in [3.63, 3.8) is 0 Å². The van der Waals surface area contributed by atoms with E-state index < -0.39 is 6.09 Å². The van der Waals surface area contributed by atoms with Gasteiger partial charge in [0.15, 0.2) is 0 Å². The molecule has 8 heteroatoms. The van der Waals surface area contributed by atoms with Gasteiger partial charge < -0.3 is 19.5 Å². The van der Waals surface area contributed by atoms with Crippen LogP contribution in [0, 0.1) is 0 Å². The molecule has 1 aliphatic rings. The zero-order valence-corrected chi connectivity index (χ0v) is 21.6. The van der Waals surface area contributed by atoms with Crippen LogP contribution in [-0.4, -0.2) is 69.6 Å². The predicted molar refractivity (Wildman–Crippen MR) is 147 cm³/mol. The number of carboxylic acid groups (broad SMARTS) is 1. The topological polar surface area (TPSA) is 65.5 Å². The highest BCUT2D eigenvalue weighted by Crippen LogP contribution is 2.34. The van der Waals surface area contributed by atoms with E-state index in [4.69, 9.17) is 9.47 Å². The van der Waals surface area contributed by atoms with E-state index in [9.17, 15) is 9.90 Å². The van der Waals surface area contributed by atoms with Gasteiger partial charge in [-0.1, -0.05) is 42.5 Å². The molecular weight excluding hydrogens is 478 g/mol. The lowest BCUT2D eigenvalue weighted by Crippen LogP contribution is -2.47. The minimum absolute atomic E-state index is 0. The number of rotatable bonds is 9. The smallest absolute Gasteiger partial charge is 0.411 e. The van der Waals surface area contributed by atoms with Crippen molar-refractivity contribution in [1.29, 1.82) is 0 Å². The third-order valence-corrected chi connectivity index (χ3v) is 6.47. The summed E-state index contributed by atoms with van der Waals surface area (Å²) < 4.78 is 11.1. The number of nitrogens with zero attached hydrogens (tertiary/aromatic N) is 3. The maximum Gasteiger partial charge on any atom is 0.411 e. The minimum Gasteiger partial charge on any atom is -0.496 e. The fourth-order valence-corrected chi connectivity index (χ4v) is 4.60. The molecule has 3 aromatic rings. The normalized spacial score (nSPS) is 13.6. The zero-order chi connectivity index (χ0) is 24.6. The molecule has 0 atom stereocenters. The summed E-state index contributed by atoms with van der Waals surface area (Å²) in [6.07, 6.45) is -0.204. The van der Waals surface area contributed by atoms with Crippen LogP contribution in [0.15, 0.2) is 72.8 Å². The van der Waals surface area contributed by atoms with Gasteiger partial charge in [0.05, 0.1) is 25.6 Å². The average Bonchev–Trinajstić information content (AvgIpc) is 2.91. The fourth-order valence-electron chi connectivity index (χ4n) is 4.60. The van der Waals surface area contributed by atoms with Gasteiger partial charge in [-0.3, -0.25) is 9.80 Å². The number of amides is 1. The molecule has 0 unspecified atom stereocenters. The highest BCUT2D eigenvalue weighted by molar-refractivity contribution is 5.87. The molecular formula is C28H34ClN3O4. The number of carbonyl (C=O) groups is 1. The van der Waals surface area contributed by atoms with Gasteiger partial charge >= 0.3 is 6.09 Å². The van der Waals surface area contributed by atoms with Gasteiger partial charge in [-0.2, -0.15) is 0 Å². The first kappa shape index (κ1) is 27.2. The zero-order valence-electron chi connectivity index (χ0n) is 20.8. The van der Waals surface area contributed by atoms with Crippen LogP contribution in [-0.2, 0) is 0 Å². The summed E-state index contributed by atoms with van der Waals surface area (Å²) in [6, 6.07) is 23.6. The van der Waals surface area contributed by atoms with Gasteiger partial charge in [-0.25, -0.2) is 4.79 Å². The molecule has 0 radical (unpaired) electrons. The van der Waals surface area contributed by atoms with E-state index in [1.165, 1.54) is 4.90 Å². The van der Waals surface area contributed by atoms with Crippen molar-refractivity contribution < 1.29 is 19.4 Å². The molecule has 0 aromatic heterocycles. The monoisotopic (exact) mass is 511 g/mol.